The molecular formula is C12H17ClN2OS. The van der Waals surface area contributed by atoms with Gasteiger partial charge in [-0.25, -0.2) is 0 Å². The van der Waals surface area contributed by atoms with Crippen LogP contribution in [-0.2, 0) is 11.2 Å². The lowest BCUT2D eigenvalue weighted by molar-refractivity contribution is -0.130. The van der Waals surface area contributed by atoms with E-state index in [1.54, 1.807) is 18.3 Å². The number of amides is 1. The van der Waals surface area contributed by atoms with Gasteiger partial charge in [-0.05, 0) is 35.8 Å². The van der Waals surface area contributed by atoms with E-state index >= 15 is 0 Å². The van der Waals surface area contributed by atoms with Crippen molar-refractivity contribution in [1.82, 2.24) is 4.90 Å². The fourth-order valence-electron chi connectivity index (χ4n) is 2.44. The van der Waals surface area contributed by atoms with Crippen LogP contribution in [-0.4, -0.2) is 29.9 Å². The molecule has 1 aliphatic heterocycles. The number of hydrogen-bond donors (Lipinski definition) is 1. The van der Waals surface area contributed by atoms with Crippen LogP contribution in [0.4, 0.5) is 0 Å². The van der Waals surface area contributed by atoms with Gasteiger partial charge in [0.1, 0.15) is 0 Å². The average molecular weight is 273 g/mol. The third-order valence-corrected chi connectivity index (χ3v) is 4.30. The van der Waals surface area contributed by atoms with E-state index < -0.39 is 0 Å². The molecule has 94 valence electrons. The van der Waals surface area contributed by atoms with Gasteiger partial charge in [-0.1, -0.05) is 11.6 Å². The van der Waals surface area contributed by atoms with Gasteiger partial charge in [-0.2, -0.15) is 0 Å². The number of rotatable bonds is 2. The highest BCUT2D eigenvalue weighted by atomic mass is 35.5. The first-order valence-electron chi connectivity index (χ1n) is 5.78. The predicted molar refractivity (Wildman–Crippen MR) is 71.4 cm³/mol. The lowest BCUT2D eigenvalue weighted by Crippen LogP contribution is -2.49. The third kappa shape index (κ3) is 3.44. The molecule has 0 aliphatic carbocycles. The largest absolute Gasteiger partial charge is 0.341 e. The maximum atomic E-state index is 11.4. The van der Waals surface area contributed by atoms with Gasteiger partial charge in [0.2, 0.25) is 5.91 Å². The van der Waals surface area contributed by atoms with E-state index in [4.69, 9.17) is 17.3 Å². The Morgan fingerprint density at radius 2 is 2.41 bits per heavy atom. The molecule has 2 N–H and O–H groups in total. The molecule has 0 radical (unpaired) electrons. The third-order valence-electron chi connectivity index (χ3n) is 3.16. The van der Waals surface area contributed by atoms with Gasteiger partial charge in [-0.15, -0.1) is 11.3 Å². The zero-order chi connectivity index (χ0) is 12.4. The number of hydrogen-bond acceptors (Lipinski definition) is 3. The molecule has 1 saturated heterocycles. The first-order valence-corrected chi connectivity index (χ1v) is 7.04. The molecule has 1 aromatic heterocycles. The molecule has 3 nitrogen and oxygen atoms in total. The number of carbonyl (C=O) groups excluding carboxylic acids is 1. The number of nitrogens with two attached hydrogens (primary N) is 1. The topological polar surface area (TPSA) is 46.3 Å². The Kier molecular flexibility index (Phi) is 4.07. The fraction of sp³-hybridized carbons (Fsp3) is 0.583. The molecule has 0 aromatic carbocycles. The van der Waals surface area contributed by atoms with E-state index in [2.05, 4.69) is 5.38 Å². The molecule has 1 amide bonds. The molecule has 17 heavy (non-hydrogen) atoms. The second kappa shape index (κ2) is 5.38. The summed E-state index contributed by atoms with van der Waals surface area (Å²) in [6.45, 7) is 3.11. The van der Waals surface area contributed by atoms with Crippen LogP contribution >= 0.6 is 22.9 Å². The van der Waals surface area contributed by atoms with Crippen LogP contribution in [0.5, 0.6) is 0 Å². The number of halogens is 1. The summed E-state index contributed by atoms with van der Waals surface area (Å²) in [5.41, 5.74) is 7.25. The smallest absolute Gasteiger partial charge is 0.219 e. The summed E-state index contributed by atoms with van der Waals surface area (Å²) >= 11 is 7.47. The van der Waals surface area contributed by atoms with Crippen molar-refractivity contribution in [1.29, 1.82) is 0 Å². The van der Waals surface area contributed by atoms with Gasteiger partial charge in [0, 0.05) is 26.1 Å². The standard InChI is InChI=1S/C12H17ClN2OS/c1-8(16)15-5-9(3-11(14)6-15)2-10-4-12(13)17-7-10/h4,7,9,11H,2-3,5-6,14H2,1H3. The number of piperidine rings is 1. The van der Waals surface area contributed by atoms with Crippen molar-refractivity contribution in [3.05, 3.63) is 21.3 Å². The van der Waals surface area contributed by atoms with Gasteiger partial charge in [0.15, 0.2) is 0 Å². The van der Waals surface area contributed by atoms with E-state index in [0.29, 0.717) is 12.5 Å². The highest BCUT2D eigenvalue weighted by molar-refractivity contribution is 7.14. The van der Waals surface area contributed by atoms with Gasteiger partial charge in [-0.3, -0.25) is 4.79 Å². The summed E-state index contributed by atoms with van der Waals surface area (Å²) in [6.07, 6.45) is 1.94. The number of thiophene rings is 1. The zero-order valence-corrected chi connectivity index (χ0v) is 11.4. The highest BCUT2D eigenvalue weighted by Crippen LogP contribution is 2.25. The molecule has 1 fully saturated rings. The van der Waals surface area contributed by atoms with E-state index in [1.807, 2.05) is 11.0 Å². The van der Waals surface area contributed by atoms with Crippen LogP contribution in [0.2, 0.25) is 4.34 Å². The van der Waals surface area contributed by atoms with Crippen molar-refractivity contribution in [2.45, 2.75) is 25.8 Å². The van der Waals surface area contributed by atoms with Crippen LogP contribution in [0, 0.1) is 5.92 Å². The summed E-state index contributed by atoms with van der Waals surface area (Å²) in [4.78, 5) is 13.3. The van der Waals surface area contributed by atoms with Gasteiger partial charge < -0.3 is 10.6 Å². The maximum Gasteiger partial charge on any atom is 0.219 e. The molecule has 5 heteroatoms. The monoisotopic (exact) mass is 272 g/mol. The molecule has 2 atom stereocenters. The SMILES string of the molecule is CC(=O)N1CC(N)CC(Cc2csc(Cl)c2)C1. The van der Waals surface area contributed by atoms with Crippen LogP contribution in [0.15, 0.2) is 11.4 Å². The Morgan fingerprint density at radius 1 is 1.65 bits per heavy atom. The van der Waals surface area contributed by atoms with Crippen molar-refractivity contribution >= 4 is 28.8 Å². The van der Waals surface area contributed by atoms with Crippen molar-refractivity contribution < 1.29 is 4.79 Å². The minimum atomic E-state index is 0.103. The quantitative estimate of drug-likeness (QED) is 0.897. The fourth-order valence-corrected chi connectivity index (χ4v) is 3.36. The average Bonchev–Trinajstić information content (AvgIpc) is 2.63. The summed E-state index contributed by atoms with van der Waals surface area (Å²) in [5.74, 6) is 0.571. The second-order valence-electron chi connectivity index (χ2n) is 4.75. The van der Waals surface area contributed by atoms with Crippen molar-refractivity contribution in [2.24, 2.45) is 11.7 Å². The second-order valence-corrected chi connectivity index (χ2v) is 6.29. The van der Waals surface area contributed by atoms with E-state index in [9.17, 15) is 4.79 Å². The lowest BCUT2D eigenvalue weighted by Gasteiger charge is -2.35. The van der Waals surface area contributed by atoms with Crippen LogP contribution in [0.3, 0.4) is 0 Å². The first kappa shape index (κ1) is 12.9. The van der Waals surface area contributed by atoms with Crippen molar-refractivity contribution in [2.75, 3.05) is 13.1 Å². The van der Waals surface area contributed by atoms with Crippen LogP contribution in [0.1, 0.15) is 18.9 Å². The van der Waals surface area contributed by atoms with Crippen LogP contribution in [0.25, 0.3) is 0 Å². The van der Waals surface area contributed by atoms with E-state index in [0.717, 1.165) is 23.7 Å². The highest BCUT2D eigenvalue weighted by Gasteiger charge is 2.26. The summed E-state index contributed by atoms with van der Waals surface area (Å²) in [7, 11) is 0. The normalized spacial score (nSPS) is 25.0. The van der Waals surface area contributed by atoms with Gasteiger partial charge >= 0.3 is 0 Å². The first-order chi connectivity index (χ1) is 8.04. The molecule has 0 bridgehead atoms. The Balaban J connectivity index is 1.98. The Hall–Kier alpha value is -0.580. The summed E-state index contributed by atoms with van der Waals surface area (Å²) in [5, 5.41) is 2.08. The van der Waals surface area contributed by atoms with Gasteiger partial charge in [0.05, 0.1) is 4.34 Å². The molecule has 0 spiro atoms. The molecular weight excluding hydrogens is 256 g/mol. The molecule has 2 rings (SSSR count). The molecule has 2 unspecified atom stereocenters. The Morgan fingerprint density at radius 3 is 3.00 bits per heavy atom. The van der Waals surface area contributed by atoms with Crippen molar-refractivity contribution in [3.8, 4) is 0 Å². The van der Waals surface area contributed by atoms with Crippen molar-refractivity contribution in [3.63, 3.8) is 0 Å². The van der Waals surface area contributed by atoms with E-state index in [1.165, 1.54) is 5.56 Å². The predicted octanol–water partition coefficient (Wildman–Crippen LogP) is 2.14. The van der Waals surface area contributed by atoms with Crippen LogP contribution < -0.4 is 5.73 Å². The molecule has 0 saturated carbocycles. The minimum Gasteiger partial charge on any atom is -0.341 e. The molecule has 1 aliphatic rings. The Bertz CT molecular complexity index is 407. The molecule has 2 heterocycles. The Labute approximate surface area is 111 Å². The maximum absolute atomic E-state index is 11.4. The number of carbonyl (C=O) groups is 1. The number of likely N-dealkylation sites (tertiary alicyclic amines) is 1. The van der Waals surface area contributed by atoms with E-state index in [-0.39, 0.29) is 11.9 Å². The summed E-state index contributed by atoms with van der Waals surface area (Å²) in [6, 6.07) is 2.11. The summed E-state index contributed by atoms with van der Waals surface area (Å²) < 4.78 is 0.823. The lowest BCUT2D eigenvalue weighted by atomic mass is 9.90. The number of nitrogens with zero attached hydrogens (tertiary/aromatic N) is 1. The minimum absolute atomic E-state index is 0.103. The zero-order valence-electron chi connectivity index (χ0n) is 9.86. The van der Waals surface area contributed by atoms with Gasteiger partial charge in [0.25, 0.3) is 0 Å². The molecule has 1 aromatic rings.